The summed E-state index contributed by atoms with van der Waals surface area (Å²) < 4.78 is 0. The van der Waals surface area contributed by atoms with Gasteiger partial charge in [0.15, 0.2) is 0 Å². The summed E-state index contributed by atoms with van der Waals surface area (Å²) in [5, 5.41) is 21.8. The van der Waals surface area contributed by atoms with Crippen LogP contribution in [0.3, 0.4) is 0 Å². The molecule has 10 rings (SSSR count). The topological polar surface area (TPSA) is 0 Å². The first-order valence-electron chi connectivity index (χ1n) is 23.4. The molecule has 0 saturated heterocycles. The number of hydrogen-bond acceptors (Lipinski definition) is 0. The van der Waals surface area contributed by atoms with Gasteiger partial charge in [-0.3, -0.25) is 0 Å². The number of rotatable bonds is 3. The molecular formula is C59H74P10. The summed E-state index contributed by atoms with van der Waals surface area (Å²) in [6, 6.07) is 64.9. The summed E-state index contributed by atoms with van der Waals surface area (Å²) in [7, 11) is 27.2. The Balaban J connectivity index is 0.000000222. The van der Waals surface area contributed by atoms with E-state index in [9.17, 15) is 0 Å². The number of fused-ring (bicyclic) bond motifs is 5. The van der Waals surface area contributed by atoms with E-state index in [1.165, 1.54) is 108 Å². The van der Waals surface area contributed by atoms with Gasteiger partial charge in [-0.2, -0.15) is 0 Å². The van der Waals surface area contributed by atoms with Crippen LogP contribution in [-0.2, 0) is 18.5 Å². The van der Waals surface area contributed by atoms with Gasteiger partial charge in [0.2, 0.25) is 0 Å². The van der Waals surface area contributed by atoms with E-state index in [2.05, 4.69) is 274 Å². The van der Waals surface area contributed by atoms with Crippen LogP contribution in [-0.4, -0.2) is 0 Å². The molecule has 10 aromatic rings. The third-order valence-electron chi connectivity index (χ3n) is 10.3. The normalized spacial score (nSPS) is 9.91. The molecule has 0 bridgehead atoms. The molecule has 0 amide bonds. The second-order valence-corrected chi connectivity index (χ2v) is 21.1. The van der Waals surface area contributed by atoms with Crippen LogP contribution in [0, 0.1) is 0 Å². The van der Waals surface area contributed by atoms with Crippen molar-refractivity contribution < 1.29 is 0 Å². The Morgan fingerprint density at radius 1 is 0.203 bits per heavy atom. The van der Waals surface area contributed by atoms with Gasteiger partial charge in [0.05, 0.1) is 0 Å². The first kappa shape index (κ1) is 61.1. The van der Waals surface area contributed by atoms with Crippen molar-refractivity contribution in [1.29, 1.82) is 0 Å². The maximum absolute atomic E-state index is 2.75. The van der Waals surface area contributed by atoms with E-state index >= 15 is 0 Å². The highest BCUT2D eigenvalue weighted by Crippen LogP contribution is 2.20. The van der Waals surface area contributed by atoms with E-state index < -0.39 is 0 Å². The van der Waals surface area contributed by atoms with E-state index in [1.54, 1.807) is 0 Å². The van der Waals surface area contributed by atoms with Crippen LogP contribution in [0.5, 0.6) is 0 Å². The van der Waals surface area contributed by atoms with Crippen LogP contribution in [0.1, 0.15) is 58.2 Å². The molecule has 69 heavy (non-hydrogen) atoms. The molecular weight excluding hydrogens is 1020 g/mol. The minimum absolute atomic E-state index is 1.03. The zero-order chi connectivity index (χ0) is 50.9. The fourth-order valence-electron chi connectivity index (χ4n) is 6.89. The van der Waals surface area contributed by atoms with Gasteiger partial charge in [-0.15, -0.1) is 92.4 Å². The molecule has 10 heteroatoms. The summed E-state index contributed by atoms with van der Waals surface area (Å²) >= 11 is 0. The summed E-state index contributed by atoms with van der Waals surface area (Å²) in [4.78, 5) is 0. The first-order valence-corrected chi connectivity index (χ1v) is 29.9. The molecule has 0 nitrogen and oxygen atoms in total. The van der Waals surface area contributed by atoms with Crippen LogP contribution in [0.2, 0.25) is 0 Å². The summed E-state index contributed by atoms with van der Waals surface area (Å²) in [6.45, 7) is 12.0. The average Bonchev–Trinajstić information content (AvgIpc) is 3.38. The Kier molecular flexibility index (Phi) is 29.7. The predicted octanol–water partition coefficient (Wildman–Crippen LogP) is 14.9. The number of hydrogen-bond donors (Lipinski definition) is 0. The fourth-order valence-corrected chi connectivity index (χ4v) is 9.58. The smallest absolute Gasteiger partial charge is 0.0128 e. The Hall–Kier alpha value is -2.20. The standard InChI is InChI=1S/3C11H12P2.2C10H10P2.3C2H6/c3*12-7-8-1-2-10-6-11(13)4-3-9(10)5-8;2*11-9-3-1-7-5-10(12)4-2-8(7)6-9;3*1-2/h3*1-6H,7,12-13H2;2*1-6H,11-12H2;3*1-2H3. The first-order chi connectivity index (χ1) is 33.4. The maximum atomic E-state index is 2.75. The van der Waals surface area contributed by atoms with Gasteiger partial charge < -0.3 is 0 Å². The lowest BCUT2D eigenvalue weighted by molar-refractivity contribution is 1.45. The van der Waals surface area contributed by atoms with Crippen LogP contribution in [0.15, 0.2) is 182 Å². The summed E-state index contributed by atoms with van der Waals surface area (Å²) in [5.74, 6) is 0. The van der Waals surface area contributed by atoms with Crippen LogP contribution in [0.25, 0.3) is 53.9 Å². The molecule has 10 atom stereocenters. The van der Waals surface area contributed by atoms with Gasteiger partial charge in [0.25, 0.3) is 0 Å². The Morgan fingerprint density at radius 3 is 0.478 bits per heavy atom. The molecule has 0 spiro atoms. The van der Waals surface area contributed by atoms with Crippen LogP contribution >= 0.6 is 92.4 Å². The molecule has 0 radical (unpaired) electrons. The van der Waals surface area contributed by atoms with Crippen molar-refractivity contribution in [3.05, 3.63) is 199 Å². The second-order valence-electron chi connectivity index (χ2n) is 15.2. The van der Waals surface area contributed by atoms with E-state index in [4.69, 9.17) is 0 Å². The molecule has 0 aliphatic carbocycles. The monoisotopic (exact) mass is 1090 g/mol. The van der Waals surface area contributed by atoms with E-state index in [0.717, 1.165) is 18.5 Å². The van der Waals surface area contributed by atoms with E-state index in [0.29, 0.717) is 0 Å². The highest BCUT2D eigenvalue weighted by molar-refractivity contribution is 7.28. The molecule has 10 aromatic carbocycles. The average molecular weight is 1090 g/mol. The highest BCUT2D eigenvalue weighted by Gasteiger charge is 1.98. The van der Waals surface area contributed by atoms with E-state index in [1.807, 2.05) is 41.5 Å². The molecule has 10 unspecified atom stereocenters. The van der Waals surface area contributed by atoms with Crippen molar-refractivity contribution in [1.82, 2.24) is 0 Å². The van der Waals surface area contributed by atoms with Crippen molar-refractivity contribution in [2.75, 3.05) is 0 Å². The quantitative estimate of drug-likeness (QED) is 0.155. The van der Waals surface area contributed by atoms with Gasteiger partial charge in [0.1, 0.15) is 0 Å². The SMILES string of the molecule is CC.CC.CC.PCc1ccc2cc(P)ccc2c1.PCc1ccc2cc(P)ccc2c1.PCc1ccc2cc(P)ccc2c1.Pc1ccc2cc(P)ccc2c1.Pc1ccc2cc(P)ccc2c1. The van der Waals surface area contributed by atoms with Gasteiger partial charge in [-0.25, -0.2) is 0 Å². The molecule has 360 valence electrons. The minimum Gasteiger partial charge on any atom is -0.133 e. The number of benzene rings is 10. The molecule has 0 heterocycles. The molecule has 0 aliphatic rings. The van der Waals surface area contributed by atoms with Crippen molar-refractivity contribution in [3.63, 3.8) is 0 Å². The lowest BCUT2D eigenvalue weighted by Gasteiger charge is -2.01. The maximum Gasteiger partial charge on any atom is -0.0128 e. The van der Waals surface area contributed by atoms with Gasteiger partial charge in [0, 0.05) is 0 Å². The lowest BCUT2D eigenvalue weighted by Crippen LogP contribution is -1.92. The van der Waals surface area contributed by atoms with Gasteiger partial charge in [-0.1, -0.05) is 181 Å². The Morgan fingerprint density at radius 2 is 0.333 bits per heavy atom. The molecule has 0 aromatic heterocycles. The largest absolute Gasteiger partial charge is 0.133 e. The highest BCUT2D eigenvalue weighted by atomic mass is 31.0. The fraction of sp³-hybridized carbons (Fsp3) is 0.153. The molecule has 0 N–H and O–H groups in total. The van der Waals surface area contributed by atoms with Crippen molar-refractivity contribution in [2.45, 2.75) is 60.0 Å². The Labute approximate surface area is 439 Å². The Bertz CT molecular complexity index is 2760. The van der Waals surface area contributed by atoms with Crippen molar-refractivity contribution in [3.8, 4) is 0 Å². The minimum atomic E-state index is 1.03. The molecule has 0 fully saturated rings. The molecule has 0 saturated carbocycles. The lowest BCUT2D eigenvalue weighted by atomic mass is 10.1. The van der Waals surface area contributed by atoms with Crippen LogP contribution in [0.4, 0.5) is 0 Å². The molecule has 0 aliphatic heterocycles. The van der Waals surface area contributed by atoms with Crippen LogP contribution < -0.4 is 37.1 Å². The van der Waals surface area contributed by atoms with E-state index in [-0.39, 0.29) is 0 Å². The zero-order valence-corrected chi connectivity index (χ0v) is 52.8. The van der Waals surface area contributed by atoms with Crippen molar-refractivity contribution in [2.24, 2.45) is 0 Å². The third-order valence-corrected chi connectivity index (χ3v) is 14.2. The van der Waals surface area contributed by atoms with Crippen molar-refractivity contribution >= 4 is 183 Å². The van der Waals surface area contributed by atoms with Gasteiger partial charge >= 0.3 is 0 Å². The third kappa shape index (κ3) is 20.7. The summed E-state index contributed by atoms with van der Waals surface area (Å²) in [6.07, 6.45) is 3.08. The summed E-state index contributed by atoms with van der Waals surface area (Å²) in [5.41, 5.74) is 4.11. The second kappa shape index (κ2) is 33.5. The van der Waals surface area contributed by atoms with Gasteiger partial charge in [-0.05, 0) is 169 Å². The zero-order valence-electron chi connectivity index (χ0n) is 41.2. The predicted molar refractivity (Wildman–Crippen MR) is 359 cm³/mol.